The average Bonchev–Trinajstić information content (AvgIpc) is 3.80. The van der Waals surface area contributed by atoms with E-state index in [1.165, 1.54) is 31.4 Å². The zero-order valence-electron chi connectivity index (χ0n) is 24.6. The lowest BCUT2D eigenvalue weighted by molar-refractivity contribution is -0.191. The molecule has 1 N–H and O–H groups in total. The molecule has 13 heteroatoms. The van der Waals surface area contributed by atoms with Crippen LogP contribution in [0.3, 0.4) is 0 Å². The first kappa shape index (κ1) is 34.7. The largest absolute Gasteiger partial charge is 0.490 e. The number of halogens is 7. The normalized spacial score (nSPS) is 19.6. The van der Waals surface area contributed by atoms with Crippen molar-refractivity contribution in [2.24, 2.45) is 11.3 Å². The zero-order chi connectivity index (χ0) is 33.0. The van der Waals surface area contributed by atoms with Crippen LogP contribution < -0.4 is 10.1 Å². The molecule has 0 atom stereocenters. The summed E-state index contributed by atoms with van der Waals surface area (Å²) in [4.78, 5) is 38.9. The number of hydrogen-bond donors (Lipinski definition) is 1. The molecule has 4 rings (SSSR count). The summed E-state index contributed by atoms with van der Waals surface area (Å²) in [6, 6.07) is 8.59. The highest BCUT2D eigenvalue weighted by molar-refractivity contribution is 6.34. The molecule has 2 fully saturated rings. The summed E-state index contributed by atoms with van der Waals surface area (Å²) in [7, 11) is 1.48. The summed E-state index contributed by atoms with van der Waals surface area (Å²) in [6.45, 7) is 0.362. The van der Waals surface area contributed by atoms with Gasteiger partial charge in [0, 0.05) is 31.6 Å². The van der Waals surface area contributed by atoms with E-state index in [4.69, 9.17) is 21.1 Å². The van der Waals surface area contributed by atoms with Gasteiger partial charge in [-0.3, -0.25) is 14.4 Å². The Bertz CT molecular complexity index is 1400. The van der Waals surface area contributed by atoms with Gasteiger partial charge in [0.1, 0.15) is 23.6 Å². The van der Waals surface area contributed by atoms with Gasteiger partial charge in [-0.1, -0.05) is 23.7 Å². The van der Waals surface area contributed by atoms with E-state index >= 15 is 0 Å². The van der Waals surface area contributed by atoms with Gasteiger partial charge in [-0.2, -0.15) is 26.3 Å². The van der Waals surface area contributed by atoms with E-state index in [1.807, 2.05) is 0 Å². The molecule has 6 nitrogen and oxygen atoms in total. The Balaban J connectivity index is 1.45. The number of amides is 1. The first-order chi connectivity index (χ1) is 21.1. The molecule has 0 aliphatic heterocycles. The number of alkyl halides is 6. The lowest BCUT2D eigenvalue weighted by atomic mass is 9.85. The fourth-order valence-corrected chi connectivity index (χ4v) is 5.84. The maximum atomic E-state index is 13.3. The predicted octanol–water partition coefficient (Wildman–Crippen LogP) is 7.49. The fraction of sp³-hybridized carbons (Fsp3) is 0.531. The maximum Gasteiger partial charge on any atom is 0.401 e. The number of carbonyl (C=O) groups excluding carboxylic acids is 3. The second kappa shape index (κ2) is 14.1. The van der Waals surface area contributed by atoms with Gasteiger partial charge in [-0.25, -0.2) is 0 Å². The molecule has 0 bridgehead atoms. The van der Waals surface area contributed by atoms with Gasteiger partial charge < -0.3 is 14.8 Å². The first-order valence-corrected chi connectivity index (χ1v) is 15.1. The number of aryl methyl sites for hydroxylation is 1. The molecule has 2 aliphatic carbocycles. The topological polar surface area (TPSA) is 81.7 Å². The van der Waals surface area contributed by atoms with Crippen LogP contribution in [-0.2, 0) is 22.4 Å². The Morgan fingerprint density at radius 2 is 1.56 bits per heavy atom. The van der Waals surface area contributed by atoms with Gasteiger partial charge in [-0.05, 0) is 80.3 Å². The molecule has 246 valence electrons. The van der Waals surface area contributed by atoms with Crippen molar-refractivity contribution in [2.75, 3.05) is 20.3 Å². The van der Waals surface area contributed by atoms with Crippen LogP contribution in [0, 0.1) is 11.3 Å². The second-order valence-electron chi connectivity index (χ2n) is 11.7. The van der Waals surface area contributed by atoms with Gasteiger partial charge in [0.2, 0.25) is 0 Å². The van der Waals surface area contributed by atoms with Gasteiger partial charge >= 0.3 is 12.4 Å². The highest BCUT2D eigenvalue weighted by Gasteiger charge is 2.67. The van der Waals surface area contributed by atoms with Crippen LogP contribution in [0.25, 0.3) is 0 Å². The molecule has 45 heavy (non-hydrogen) atoms. The summed E-state index contributed by atoms with van der Waals surface area (Å²) in [5.74, 6) is -3.03. The average molecular weight is 662 g/mol. The SMILES string of the molecule is COCCOc1ccc(CC(=O)c2cc(CCC(=O)C3(C(F)(F)F)CC3)ccc2Cl)cc1C(=O)NC1CCC(C(F)(F)F)CC1. The third kappa shape index (κ3) is 8.58. The third-order valence-corrected chi connectivity index (χ3v) is 8.85. The van der Waals surface area contributed by atoms with Gasteiger partial charge in [0.15, 0.2) is 5.78 Å². The van der Waals surface area contributed by atoms with Crippen LogP contribution >= 0.6 is 11.6 Å². The van der Waals surface area contributed by atoms with E-state index < -0.39 is 47.2 Å². The molecular formula is C32H34ClF6NO5. The third-order valence-electron chi connectivity index (χ3n) is 8.52. The lowest BCUT2D eigenvalue weighted by Gasteiger charge is -2.30. The molecule has 0 unspecified atom stereocenters. The molecule has 0 heterocycles. The van der Waals surface area contributed by atoms with Crippen LogP contribution in [0.4, 0.5) is 26.3 Å². The first-order valence-electron chi connectivity index (χ1n) is 14.7. The monoisotopic (exact) mass is 661 g/mol. The van der Waals surface area contributed by atoms with Crippen molar-refractivity contribution < 1.29 is 50.2 Å². The summed E-state index contributed by atoms with van der Waals surface area (Å²) >= 11 is 6.28. The van der Waals surface area contributed by atoms with Crippen LogP contribution in [0.15, 0.2) is 36.4 Å². The van der Waals surface area contributed by atoms with Crippen molar-refractivity contribution in [3.05, 3.63) is 63.7 Å². The van der Waals surface area contributed by atoms with Gasteiger partial charge in [0.05, 0.1) is 23.1 Å². The number of hydrogen-bond acceptors (Lipinski definition) is 5. The molecule has 2 saturated carbocycles. The van der Waals surface area contributed by atoms with Crippen molar-refractivity contribution >= 4 is 29.1 Å². The fourth-order valence-electron chi connectivity index (χ4n) is 5.62. The van der Waals surface area contributed by atoms with E-state index in [1.54, 1.807) is 12.1 Å². The number of Topliss-reactive ketones (excluding diaryl/α,β-unsaturated/α-hetero) is 2. The van der Waals surface area contributed by atoms with E-state index in [0.717, 1.165) is 0 Å². The Hall–Kier alpha value is -3.12. The Labute approximate surface area is 261 Å². The summed E-state index contributed by atoms with van der Waals surface area (Å²) in [5.41, 5.74) is -1.12. The summed E-state index contributed by atoms with van der Waals surface area (Å²) in [5, 5.41) is 2.91. The Morgan fingerprint density at radius 3 is 2.16 bits per heavy atom. The molecule has 0 radical (unpaired) electrons. The highest BCUT2D eigenvalue weighted by atomic mass is 35.5. The molecule has 0 aromatic heterocycles. The smallest absolute Gasteiger partial charge is 0.401 e. The predicted molar refractivity (Wildman–Crippen MR) is 154 cm³/mol. The summed E-state index contributed by atoms with van der Waals surface area (Å²) in [6.07, 6.45) is -9.61. The minimum atomic E-state index is -4.59. The van der Waals surface area contributed by atoms with Crippen LogP contribution in [0.5, 0.6) is 5.75 Å². The number of methoxy groups -OCH3 is 1. The number of rotatable bonds is 13. The molecule has 0 spiro atoms. The van der Waals surface area contributed by atoms with Crippen molar-refractivity contribution in [3.8, 4) is 5.75 Å². The molecular weight excluding hydrogens is 628 g/mol. The van der Waals surface area contributed by atoms with Crippen LogP contribution in [0.1, 0.15) is 76.8 Å². The summed E-state index contributed by atoms with van der Waals surface area (Å²) < 4.78 is 89.8. The van der Waals surface area contributed by atoms with Crippen molar-refractivity contribution in [1.82, 2.24) is 5.32 Å². The highest BCUT2D eigenvalue weighted by Crippen LogP contribution is 2.58. The lowest BCUT2D eigenvalue weighted by Crippen LogP contribution is -2.40. The van der Waals surface area contributed by atoms with E-state index in [9.17, 15) is 40.7 Å². The van der Waals surface area contributed by atoms with Gasteiger partial charge in [-0.15, -0.1) is 0 Å². The quantitative estimate of drug-likeness (QED) is 0.137. The van der Waals surface area contributed by atoms with Crippen molar-refractivity contribution in [2.45, 2.75) is 76.2 Å². The Kier molecular flexibility index (Phi) is 10.9. The molecule has 2 aromatic rings. The van der Waals surface area contributed by atoms with Crippen LogP contribution in [0.2, 0.25) is 5.02 Å². The number of nitrogens with one attached hydrogen (secondary N) is 1. The molecule has 2 aromatic carbocycles. The number of ketones is 2. The number of carbonyl (C=O) groups is 3. The Morgan fingerprint density at radius 1 is 0.911 bits per heavy atom. The van der Waals surface area contributed by atoms with Crippen LogP contribution in [-0.4, -0.2) is 56.2 Å². The minimum absolute atomic E-state index is 0.0107. The second-order valence-corrected chi connectivity index (χ2v) is 12.1. The van der Waals surface area contributed by atoms with E-state index in [0.29, 0.717) is 11.1 Å². The van der Waals surface area contributed by atoms with E-state index in [-0.39, 0.29) is 92.9 Å². The maximum absolute atomic E-state index is 13.3. The van der Waals surface area contributed by atoms with Crippen molar-refractivity contribution in [3.63, 3.8) is 0 Å². The van der Waals surface area contributed by atoms with E-state index in [2.05, 4.69) is 5.32 Å². The number of benzene rings is 2. The standard InChI is InChI=1S/C32H34ClF6NO5/c1-44-14-15-45-27-10-3-20(17-24(27)29(43)40-22-7-5-21(6-8-22)31(34,35)36)18-26(41)23-16-19(2-9-25(23)33)4-11-28(42)30(12-13-30)32(37,38)39/h2-3,9-10,16-17,21-22H,4-8,11-15,18H2,1H3,(H,40,43). The molecule has 2 aliphatic rings. The number of ether oxygens (including phenoxy) is 2. The zero-order valence-corrected chi connectivity index (χ0v) is 25.3. The van der Waals surface area contributed by atoms with Gasteiger partial charge in [0.25, 0.3) is 5.91 Å². The van der Waals surface area contributed by atoms with Crippen molar-refractivity contribution in [1.29, 1.82) is 0 Å². The molecule has 1 amide bonds. The molecule has 0 saturated heterocycles. The minimum Gasteiger partial charge on any atom is -0.490 e.